The first-order valence-electron chi connectivity index (χ1n) is 8.54. The van der Waals surface area contributed by atoms with Gasteiger partial charge in [0.15, 0.2) is 0 Å². The van der Waals surface area contributed by atoms with Crippen LogP contribution in [0.3, 0.4) is 0 Å². The molecule has 0 aliphatic rings. The Morgan fingerprint density at radius 1 is 1.18 bits per heavy atom. The summed E-state index contributed by atoms with van der Waals surface area (Å²) in [6.45, 7) is 0.613. The number of rotatable bonds is 6. The molecule has 0 aliphatic heterocycles. The monoisotopic (exact) mass is 399 g/mol. The molecule has 1 heterocycles. The van der Waals surface area contributed by atoms with E-state index < -0.39 is 15.9 Å². The molecule has 2 N–H and O–H groups in total. The number of aromatic nitrogens is 1. The summed E-state index contributed by atoms with van der Waals surface area (Å²) in [6, 6.07) is 13.7. The fourth-order valence-electron chi connectivity index (χ4n) is 2.98. The predicted molar refractivity (Wildman–Crippen MR) is 107 cm³/mol. The Labute approximate surface area is 163 Å². The summed E-state index contributed by atoms with van der Waals surface area (Å²) in [5.74, 6) is -0.696. The van der Waals surface area contributed by atoms with E-state index in [1.54, 1.807) is 30.5 Å². The zero-order valence-electron chi connectivity index (χ0n) is 15.5. The fraction of sp³-hybridized carbons (Fsp3) is 0.150. The van der Waals surface area contributed by atoms with E-state index in [-0.39, 0.29) is 4.90 Å². The van der Waals surface area contributed by atoms with Crippen molar-refractivity contribution in [1.82, 2.24) is 14.4 Å². The van der Waals surface area contributed by atoms with E-state index in [1.165, 1.54) is 27.7 Å². The largest absolute Gasteiger partial charge is 0.305 e. The number of nitrogens with zero attached hydrogens (tertiary/aromatic N) is 2. The molecule has 8 heteroatoms. The van der Waals surface area contributed by atoms with Crippen LogP contribution in [0.25, 0.3) is 17.0 Å². The molecule has 0 aliphatic carbocycles. The maximum absolute atomic E-state index is 13.3. The Kier molecular flexibility index (Phi) is 5.64. The highest BCUT2D eigenvalue weighted by Gasteiger charge is 2.21. The van der Waals surface area contributed by atoms with Gasteiger partial charge in [0.05, 0.1) is 10.4 Å². The molecule has 3 rings (SSSR count). The van der Waals surface area contributed by atoms with Gasteiger partial charge in [-0.3, -0.25) is 10.0 Å². The molecule has 0 fully saturated rings. The van der Waals surface area contributed by atoms with E-state index in [0.29, 0.717) is 17.6 Å². The summed E-state index contributed by atoms with van der Waals surface area (Å²) in [5, 5.41) is 9.44. The van der Waals surface area contributed by atoms with Crippen LogP contribution in [-0.4, -0.2) is 42.5 Å². The number of para-hydroxylation sites is 1. The maximum atomic E-state index is 13.3. The molecule has 3 aromatic rings. The number of hydroxylamine groups is 1. The molecule has 0 saturated carbocycles. The molecule has 1 aromatic heterocycles. The minimum atomic E-state index is -3.83. The third-order valence-corrected chi connectivity index (χ3v) is 5.87. The Balaban J connectivity index is 2.09. The summed E-state index contributed by atoms with van der Waals surface area (Å²) >= 11 is 0. The van der Waals surface area contributed by atoms with Crippen molar-refractivity contribution < 1.29 is 18.4 Å². The van der Waals surface area contributed by atoms with E-state index in [4.69, 9.17) is 5.21 Å². The standard InChI is InChI=1S/C20H21N3O4S/c1-22(2)13-16-14-23(19-9-4-3-8-18(16)19)28(26,27)17-7-5-6-15(12-17)10-11-20(24)21-25/h3-12,14,25H,13H2,1-2H3,(H,21,24). The van der Waals surface area contributed by atoms with Crippen LogP contribution in [0.1, 0.15) is 11.1 Å². The summed E-state index contributed by atoms with van der Waals surface area (Å²) in [4.78, 5) is 13.2. The summed E-state index contributed by atoms with van der Waals surface area (Å²) in [7, 11) is 0.0262. The highest BCUT2D eigenvalue weighted by molar-refractivity contribution is 7.90. The number of amides is 1. The van der Waals surface area contributed by atoms with Gasteiger partial charge in [0.25, 0.3) is 15.9 Å². The van der Waals surface area contributed by atoms with Crippen molar-refractivity contribution in [2.45, 2.75) is 11.4 Å². The van der Waals surface area contributed by atoms with Gasteiger partial charge in [-0.05, 0) is 49.5 Å². The van der Waals surface area contributed by atoms with Gasteiger partial charge in [0.2, 0.25) is 0 Å². The average Bonchev–Trinajstić information content (AvgIpc) is 3.05. The normalized spacial score (nSPS) is 12.1. The molecular formula is C20H21N3O4S. The zero-order chi connectivity index (χ0) is 20.3. The second-order valence-electron chi connectivity index (χ2n) is 6.59. The van der Waals surface area contributed by atoms with E-state index >= 15 is 0 Å². The van der Waals surface area contributed by atoms with Crippen LogP contribution in [0.15, 0.2) is 65.7 Å². The molecule has 7 nitrogen and oxygen atoms in total. The number of nitrogens with one attached hydrogen (secondary N) is 1. The molecule has 0 atom stereocenters. The minimum absolute atomic E-state index is 0.108. The number of hydrogen-bond donors (Lipinski definition) is 2. The van der Waals surface area contributed by atoms with E-state index in [1.807, 2.05) is 31.1 Å². The van der Waals surface area contributed by atoms with Crippen LogP contribution in [0.2, 0.25) is 0 Å². The van der Waals surface area contributed by atoms with Crippen molar-refractivity contribution in [3.63, 3.8) is 0 Å². The van der Waals surface area contributed by atoms with Crippen molar-refractivity contribution in [3.05, 3.63) is 71.9 Å². The van der Waals surface area contributed by atoms with Gasteiger partial charge in [-0.25, -0.2) is 17.9 Å². The Bertz CT molecular complexity index is 1150. The van der Waals surface area contributed by atoms with E-state index in [0.717, 1.165) is 17.0 Å². The van der Waals surface area contributed by atoms with Gasteiger partial charge < -0.3 is 4.90 Å². The molecule has 0 saturated heterocycles. The van der Waals surface area contributed by atoms with Crippen molar-refractivity contribution >= 4 is 32.9 Å². The van der Waals surface area contributed by atoms with Crippen molar-refractivity contribution in [1.29, 1.82) is 0 Å². The van der Waals surface area contributed by atoms with Gasteiger partial charge >= 0.3 is 0 Å². The molecule has 1 amide bonds. The fourth-order valence-corrected chi connectivity index (χ4v) is 4.43. The van der Waals surface area contributed by atoms with Crippen LogP contribution in [0.5, 0.6) is 0 Å². The highest BCUT2D eigenvalue weighted by Crippen LogP contribution is 2.27. The Hall–Kier alpha value is -2.94. The van der Waals surface area contributed by atoms with Crippen LogP contribution in [-0.2, 0) is 21.4 Å². The van der Waals surface area contributed by atoms with Gasteiger partial charge in [-0.1, -0.05) is 30.3 Å². The molecule has 0 bridgehead atoms. The number of carbonyl (C=O) groups is 1. The number of hydrogen-bond acceptors (Lipinski definition) is 5. The van der Waals surface area contributed by atoms with Crippen LogP contribution in [0, 0.1) is 0 Å². The molecule has 0 spiro atoms. The topological polar surface area (TPSA) is 91.6 Å². The second kappa shape index (κ2) is 7.97. The lowest BCUT2D eigenvalue weighted by atomic mass is 10.2. The van der Waals surface area contributed by atoms with Gasteiger partial charge in [-0.2, -0.15) is 0 Å². The average molecular weight is 399 g/mol. The van der Waals surface area contributed by atoms with Crippen LogP contribution in [0.4, 0.5) is 0 Å². The third-order valence-electron chi connectivity index (χ3n) is 4.20. The smallest absolute Gasteiger partial charge is 0.268 e. The van der Waals surface area contributed by atoms with E-state index in [2.05, 4.69) is 0 Å². The first kappa shape index (κ1) is 19.8. The van der Waals surface area contributed by atoms with Crippen molar-refractivity contribution in [2.75, 3.05) is 14.1 Å². The molecule has 0 unspecified atom stereocenters. The number of fused-ring (bicyclic) bond motifs is 1. The minimum Gasteiger partial charge on any atom is -0.305 e. The lowest BCUT2D eigenvalue weighted by molar-refractivity contribution is -0.124. The van der Waals surface area contributed by atoms with Crippen molar-refractivity contribution in [2.24, 2.45) is 0 Å². The first-order valence-corrected chi connectivity index (χ1v) is 9.98. The second-order valence-corrected chi connectivity index (χ2v) is 8.41. The SMILES string of the molecule is CN(C)Cc1cn(S(=O)(=O)c2cccc(C=CC(=O)NO)c2)c2ccccc12. The maximum Gasteiger partial charge on any atom is 0.268 e. The predicted octanol–water partition coefficient (Wildman–Crippen LogP) is 2.46. The molecule has 28 heavy (non-hydrogen) atoms. The molecule has 146 valence electrons. The van der Waals surface area contributed by atoms with Gasteiger partial charge in [-0.15, -0.1) is 0 Å². The quantitative estimate of drug-likeness (QED) is 0.377. The summed E-state index contributed by atoms with van der Waals surface area (Å²) < 4.78 is 27.9. The Morgan fingerprint density at radius 2 is 1.93 bits per heavy atom. The zero-order valence-corrected chi connectivity index (χ0v) is 16.3. The number of benzene rings is 2. The third kappa shape index (κ3) is 3.99. The lowest BCUT2D eigenvalue weighted by Crippen LogP contribution is -2.15. The van der Waals surface area contributed by atoms with E-state index in [9.17, 15) is 13.2 Å². The Morgan fingerprint density at radius 3 is 2.64 bits per heavy atom. The highest BCUT2D eigenvalue weighted by atomic mass is 32.2. The van der Waals surface area contributed by atoms with Crippen molar-refractivity contribution in [3.8, 4) is 0 Å². The van der Waals surface area contributed by atoms with Gasteiger partial charge in [0, 0.05) is 24.2 Å². The van der Waals surface area contributed by atoms with Gasteiger partial charge in [0.1, 0.15) is 0 Å². The summed E-state index contributed by atoms with van der Waals surface area (Å²) in [6.07, 6.45) is 4.20. The molecule has 2 aromatic carbocycles. The van der Waals surface area contributed by atoms with Crippen LogP contribution >= 0.6 is 0 Å². The number of carbonyl (C=O) groups excluding carboxylic acids is 1. The lowest BCUT2D eigenvalue weighted by Gasteiger charge is -2.09. The molecule has 0 radical (unpaired) electrons. The summed E-state index contributed by atoms with van der Waals surface area (Å²) in [5.41, 5.74) is 3.54. The van der Waals surface area contributed by atoms with Crippen LogP contribution < -0.4 is 5.48 Å². The molecular weight excluding hydrogens is 378 g/mol. The first-order chi connectivity index (χ1) is 13.3.